The molecule has 0 unspecified atom stereocenters. The summed E-state index contributed by atoms with van der Waals surface area (Å²) < 4.78 is 1.73. The predicted octanol–water partition coefficient (Wildman–Crippen LogP) is 3.46. The number of rotatable bonds is 6. The predicted molar refractivity (Wildman–Crippen MR) is 110 cm³/mol. The first-order valence-corrected chi connectivity index (χ1v) is 9.83. The quantitative estimate of drug-likeness (QED) is 0.466. The fourth-order valence-electron chi connectivity index (χ4n) is 3.79. The zero-order chi connectivity index (χ0) is 21.4. The molecule has 4 rings (SSSR count). The van der Waals surface area contributed by atoms with Crippen LogP contribution in [0.2, 0.25) is 0 Å². The summed E-state index contributed by atoms with van der Waals surface area (Å²) in [5, 5.41) is 9.73. The van der Waals surface area contributed by atoms with Crippen LogP contribution in [0.1, 0.15) is 62.6 Å². The third kappa shape index (κ3) is 2.98. The lowest BCUT2D eigenvalue weighted by atomic mass is 9.95. The van der Waals surface area contributed by atoms with Crippen LogP contribution in [0.15, 0.2) is 42.5 Å². The van der Waals surface area contributed by atoms with Gasteiger partial charge in [0.1, 0.15) is 5.82 Å². The van der Waals surface area contributed by atoms with Crippen LogP contribution in [0, 0.1) is 11.3 Å². The van der Waals surface area contributed by atoms with Gasteiger partial charge in [-0.05, 0) is 30.7 Å². The molecular formula is C23H20N4O3. The zero-order valence-corrected chi connectivity index (χ0v) is 16.8. The van der Waals surface area contributed by atoms with Gasteiger partial charge in [0, 0.05) is 19.2 Å². The molecule has 1 aromatic heterocycles. The van der Waals surface area contributed by atoms with E-state index >= 15 is 0 Å². The highest BCUT2D eigenvalue weighted by Gasteiger charge is 2.36. The van der Waals surface area contributed by atoms with Gasteiger partial charge in [-0.3, -0.25) is 19.3 Å². The summed E-state index contributed by atoms with van der Waals surface area (Å²) in [5.74, 6) is -1.96. The Morgan fingerprint density at radius 3 is 2.57 bits per heavy atom. The van der Waals surface area contributed by atoms with Gasteiger partial charge in [-0.1, -0.05) is 31.5 Å². The number of ketones is 1. The summed E-state index contributed by atoms with van der Waals surface area (Å²) in [5.41, 5.74) is 2.24. The first-order chi connectivity index (χ1) is 14.5. The van der Waals surface area contributed by atoms with Crippen molar-refractivity contribution < 1.29 is 14.4 Å². The summed E-state index contributed by atoms with van der Waals surface area (Å²) >= 11 is 0. The van der Waals surface area contributed by atoms with Gasteiger partial charge in [0.05, 0.1) is 28.2 Å². The van der Waals surface area contributed by atoms with Crippen LogP contribution in [-0.4, -0.2) is 38.6 Å². The van der Waals surface area contributed by atoms with E-state index in [9.17, 15) is 19.6 Å². The highest BCUT2D eigenvalue weighted by atomic mass is 16.2. The van der Waals surface area contributed by atoms with E-state index < -0.39 is 17.6 Å². The van der Waals surface area contributed by atoms with Gasteiger partial charge in [0.25, 0.3) is 11.8 Å². The van der Waals surface area contributed by atoms with Crippen LogP contribution in [-0.2, 0) is 7.05 Å². The van der Waals surface area contributed by atoms with Gasteiger partial charge in [-0.2, -0.15) is 5.26 Å². The van der Waals surface area contributed by atoms with Crippen molar-refractivity contribution in [1.29, 1.82) is 5.26 Å². The number of carbonyl (C=O) groups is 3. The third-order valence-electron chi connectivity index (χ3n) is 5.46. The number of unbranched alkanes of at least 4 members (excludes halogenated alkanes) is 1. The Labute approximate surface area is 173 Å². The molecule has 0 aliphatic carbocycles. The van der Waals surface area contributed by atoms with Crippen molar-refractivity contribution in [3.63, 3.8) is 0 Å². The second-order valence-corrected chi connectivity index (χ2v) is 7.32. The van der Waals surface area contributed by atoms with Crippen molar-refractivity contribution in [3.05, 3.63) is 65.0 Å². The average Bonchev–Trinajstić information content (AvgIpc) is 3.21. The lowest BCUT2D eigenvalue weighted by molar-refractivity contribution is 0.0652. The fourth-order valence-corrected chi connectivity index (χ4v) is 3.79. The molecule has 2 amide bonds. The van der Waals surface area contributed by atoms with E-state index in [-0.39, 0.29) is 17.0 Å². The highest BCUT2D eigenvalue weighted by Crippen LogP contribution is 2.28. The number of fused-ring (bicyclic) bond motifs is 2. The number of imidazole rings is 1. The van der Waals surface area contributed by atoms with Crippen molar-refractivity contribution in [2.75, 3.05) is 6.54 Å². The van der Waals surface area contributed by atoms with Crippen molar-refractivity contribution in [3.8, 4) is 6.07 Å². The first-order valence-electron chi connectivity index (χ1n) is 9.83. The van der Waals surface area contributed by atoms with E-state index in [1.54, 1.807) is 11.6 Å². The topological polar surface area (TPSA) is 96.1 Å². The lowest BCUT2D eigenvalue weighted by Gasteiger charge is -2.12. The molecule has 2 heterocycles. The molecule has 0 saturated carbocycles. The summed E-state index contributed by atoms with van der Waals surface area (Å²) in [4.78, 5) is 44.0. The number of imide groups is 1. The monoisotopic (exact) mass is 400 g/mol. The molecule has 0 saturated heterocycles. The number of Topliss-reactive ketones (excluding diaryl/α,β-unsaturated/α-hetero) is 1. The molecule has 0 spiro atoms. The second-order valence-electron chi connectivity index (χ2n) is 7.32. The number of amides is 2. The van der Waals surface area contributed by atoms with E-state index in [4.69, 9.17) is 0 Å². The fraction of sp³-hybridized carbons (Fsp3) is 0.261. The van der Waals surface area contributed by atoms with Crippen molar-refractivity contribution in [2.24, 2.45) is 7.05 Å². The van der Waals surface area contributed by atoms with Crippen molar-refractivity contribution in [2.45, 2.75) is 25.7 Å². The first kappa shape index (κ1) is 19.5. The second kappa shape index (κ2) is 7.56. The number of benzene rings is 2. The summed E-state index contributed by atoms with van der Waals surface area (Å²) in [6.45, 7) is 2.34. The Bertz CT molecular complexity index is 1230. The highest BCUT2D eigenvalue weighted by molar-refractivity contribution is 6.22. The Hall–Kier alpha value is -3.79. The van der Waals surface area contributed by atoms with Crippen molar-refractivity contribution in [1.82, 2.24) is 14.5 Å². The number of aromatic nitrogens is 2. The number of nitriles is 1. The molecule has 30 heavy (non-hydrogen) atoms. The van der Waals surface area contributed by atoms with E-state index in [1.807, 2.05) is 37.3 Å². The van der Waals surface area contributed by atoms with Crippen molar-refractivity contribution >= 4 is 28.6 Å². The maximum Gasteiger partial charge on any atom is 0.261 e. The van der Waals surface area contributed by atoms with Crippen LogP contribution in [0.25, 0.3) is 11.0 Å². The minimum Gasteiger partial charge on any atom is -0.330 e. The van der Waals surface area contributed by atoms with E-state index in [1.165, 1.54) is 23.1 Å². The van der Waals surface area contributed by atoms with E-state index in [0.29, 0.717) is 23.4 Å². The van der Waals surface area contributed by atoms with Gasteiger partial charge in [-0.15, -0.1) is 0 Å². The zero-order valence-electron chi connectivity index (χ0n) is 16.8. The normalized spacial score (nSPS) is 14.1. The summed E-state index contributed by atoms with van der Waals surface area (Å²) in [6.07, 6.45) is 1.58. The molecule has 0 radical (unpaired) electrons. The Morgan fingerprint density at radius 2 is 1.87 bits per heavy atom. The van der Waals surface area contributed by atoms with Crippen LogP contribution < -0.4 is 0 Å². The summed E-state index contributed by atoms with van der Waals surface area (Å²) in [7, 11) is 1.76. The molecule has 150 valence electrons. The SMILES string of the molecule is CCCCN1C(=O)c2ccc(C(=O)[C@@H](C#N)c3nc4ccccc4n3C)cc2C1=O. The molecule has 1 aliphatic heterocycles. The molecule has 7 nitrogen and oxygen atoms in total. The standard InChI is InChI=1S/C23H20N4O3/c1-3-4-11-27-22(29)15-10-9-14(12-16(15)23(27)30)20(28)17(13-24)21-25-18-7-5-6-8-19(18)26(21)2/h5-10,12,17H,3-4,11H2,1-2H3/t17-/m1/s1. The number of para-hydroxylation sites is 2. The number of aryl methyl sites for hydroxylation is 1. The Balaban J connectivity index is 1.70. The molecule has 2 aromatic carbocycles. The molecule has 7 heteroatoms. The molecule has 1 atom stereocenters. The van der Waals surface area contributed by atoms with E-state index in [2.05, 4.69) is 4.98 Å². The van der Waals surface area contributed by atoms with E-state index in [0.717, 1.165) is 18.4 Å². The van der Waals surface area contributed by atoms with Crippen LogP contribution >= 0.6 is 0 Å². The van der Waals surface area contributed by atoms with Crippen LogP contribution in [0.4, 0.5) is 0 Å². The molecular weight excluding hydrogens is 380 g/mol. The average molecular weight is 400 g/mol. The maximum atomic E-state index is 13.2. The molecule has 3 aromatic rings. The van der Waals surface area contributed by atoms with Gasteiger partial charge in [0.15, 0.2) is 11.7 Å². The molecule has 0 fully saturated rings. The lowest BCUT2D eigenvalue weighted by Crippen LogP contribution is -2.30. The maximum absolute atomic E-state index is 13.2. The molecule has 1 aliphatic rings. The smallest absolute Gasteiger partial charge is 0.261 e. The molecule has 0 bridgehead atoms. The van der Waals surface area contributed by atoms with Gasteiger partial charge in [-0.25, -0.2) is 4.98 Å². The number of hydrogen-bond acceptors (Lipinski definition) is 5. The molecule has 0 N–H and O–H groups in total. The number of carbonyl (C=O) groups excluding carboxylic acids is 3. The van der Waals surface area contributed by atoms with Gasteiger partial charge < -0.3 is 4.57 Å². The Morgan fingerprint density at radius 1 is 1.13 bits per heavy atom. The Kier molecular flexibility index (Phi) is 4.92. The third-order valence-corrected chi connectivity index (χ3v) is 5.46. The number of nitrogens with zero attached hydrogens (tertiary/aromatic N) is 4. The minimum atomic E-state index is -1.12. The summed E-state index contributed by atoms with van der Waals surface area (Å²) in [6, 6.07) is 13.9. The van der Waals surface area contributed by atoms with Gasteiger partial charge in [0.2, 0.25) is 0 Å². The largest absolute Gasteiger partial charge is 0.330 e. The van der Waals surface area contributed by atoms with Crippen LogP contribution in [0.3, 0.4) is 0 Å². The van der Waals surface area contributed by atoms with Gasteiger partial charge >= 0.3 is 0 Å². The van der Waals surface area contributed by atoms with Crippen LogP contribution in [0.5, 0.6) is 0 Å². The minimum absolute atomic E-state index is 0.212. The number of hydrogen-bond donors (Lipinski definition) is 0.